The molecule has 2 N–H and O–H groups in total. The minimum Gasteiger partial charge on any atom is -0.287 e. The van der Waals surface area contributed by atoms with Crippen LogP contribution in [-0.4, -0.2) is 11.9 Å². The molecule has 5 nitrogen and oxygen atoms in total. The molecule has 0 saturated heterocycles. The van der Waals surface area contributed by atoms with E-state index in [0.29, 0.717) is 5.56 Å². The van der Waals surface area contributed by atoms with Crippen LogP contribution in [-0.2, 0) is 0 Å². The molecule has 2 unspecified atom stereocenters. The van der Waals surface area contributed by atoms with Crippen molar-refractivity contribution in [2.45, 2.75) is 19.0 Å². The predicted octanol–water partition coefficient (Wildman–Crippen LogP) is 2.82. The lowest BCUT2D eigenvalue weighted by molar-refractivity contribution is 0.0922. The fourth-order valence-electron chi connectivity index (χ4n) is 2.01. The molecule has 0 saturated carbocycles. The van der Waals surface area contributed by atoms with Crippen LogP contribution in [0.15, 0.2) is 65.8 Å². The maximum Gasteiger partial charge on any atom is 0.265 e. The molecule has 2 aromatic rings. The lowest BCUT2D eigenvalue weighted by atomic mass is 10.0. The lowest BCUT2D eigenvalue weighted by Gasteiger charge is -2.21. The van der Waals surface area contributed by atoms with Crippen LogP contribution in [0.4, 0.5) is 0 Å². The normalized spacial score (nSPS) is 13.2. The van der Waals surface area contributed by atoms with E-state index in [1.807, 2.05) is 36.4 Å². The first-order valence-electron chi connectivity index (χ1n) is 6.70. The Labute approximate surface area is 123 Å². The molecule has 21 heavy (non-hydrogen) atoms. The number of carbonyl (C=O) groups is 1. The van der Waals surface area contributed by atoms with Crippen LogP contribution in [0, 0.1) is 4.91 Å². The van der Waals surface area contributed by atoms with E-state index in [2.05, 4.69) is 16.0 Å². The van der Waals surface area contributed by atoms with Gasteiger partial charge in [0.05, 0.1) is 6.04 Å². The number of hydrazine groups is 1. The summed E-state index contributed by atoms with van der Waals surface area (Å²) in [6, 6.07) is 17.4. The molecule has 0 aromatic heterocycles. The van der Waals surface area contributed by atoms with Gasteiger partial charge in [-0.15, -0.1) is 0 Å². The van der Waals surface area contributed by atoms with Crippen molar-refractivity contribution in [2.24, 2.45) is 5.18 Å². The summed E-state index contributed by atoms with van der Waals surface area (Å²) in [7, 11) is 0. The first kappa shape index (κ1) is 14.9. The van der Waals surface area contributed by atoms with Crippen LogP contribution in [0.25, 0.3) is 0 Å². The fourth-order valence-corrected chi connectivity index (χ4v) is 2.01. The number of hydrogen-bond donors (Lipinski definition) is 2. The summed E-state index contributed by atoms with van der Waals surface area (Å²) < 4.78 is 0. The molecule has 0 aliphatic heterocycles. The van der Waals surface area contributed by atoms with Gasteiger partial charge in [0.25, 0.3) is 5.91 Å². The second-order valence-electron chi connectivity index (χ2n) is 4.70. The molecule has 0 radical (unpaired) electrons. The summed E-state index contributed by atoms with van der Waals surface area (Å²) in [4.78, 5) is 22.8. The highest BCUT2D eigenvalue weighted by Crippen LogP contribution is 2.18. The van der Waals surface area contributed by atoms with E-state index in [-0.39, 0.29) is 11.9 Å². The number of carbonyl (C=O) groups excluding carboxylic acids is 1. The average Bonchev–Trinajstić information content (AvgIpc) is 2.56. The maximum absolute atomic E-state index is 12.0. The van der Waals surface area contributed by atoms with Gasteiger partial charge < -0.3 is 0 Å². The number of nitrogens with zero attached hydrogens (tertiary/aromatic N) is 1. The highest BCUT2D eigenvalue weighted by molar-refractivity contribution is 5.93. The minimum atomic E-state index is -0.511. The van der Waals surface area contributed by atoms with Gasteiger partial charge >= 0.3 is 0 Å². The Hall–Kier alpha value is -2.53. The molecule has 0 bridgehead atoms. The summed E-state index contributed by atoms with van der Waals surface area (Å²) >= 11 is 0. The van der Waals surface area contributed by atoms with E-state index in [1.165, 1.54) is 0 Å². The van der Waals surface area contributed by atoms with Crippen LogP contribution in [0.3, 0.4) is 0 Å². The number of hydrogen-bond acceptors (Lipinski definition) is 4. The van der Waals surface area contributed by atoms with E-state index in [4.69, 9.17) is 0 Å². The van der Waals surface area contributed by atoms with E-state index < -0.39 is 6.04 Å². The van der Waals surface area contributed by atoms with Crippen molar-refractivity contribution in [1.82, 2.24) is 10.9 Å². The fraction of sp³-hybridized carbons (Fsp3) is 0.188. The topological polar surface area (TPSA) is 70.6 Å². The van der Waals surface area contributed by atoms with Crippen molar-refractivity contribution >= 4 is 5.91 Å². The zero-order chi connectivity index (χ0) is 15.1. The van der Waals surface area contributed by atoms with Gasteiger partial charge in [-0.05, 0) is 24.6 Å². The maximum atomic E-state index is 12.0. The number of amides is 1. The van der Waals surface area contributed by atoms with Crippen molar-refractivity contribution in [3.05, 3.63) is 76.7 Å². The van der Waals surface area contributed by atoms with Crippen molar-refractivity contribution in [3.63, 3.8) is 0 Å². The van der Waals surface area contributed by atoms with Crippen molar-refractivity contribution in [2.75, 3.05) is 0 Å². The van der Waals surface area contributed by atoms with Gasteiger partial charge in [0.2, 0.25) is 0 Å². The van der Waals surface area contributed by atoms with Gasteiger partial charge in [-0.25, -0.2) is 5.43 Å². The van der Waals surface area contributed by atoms with Crippen LogP contribution >= 0.6 is 0 Å². The van der Waals surface area contributed by atoms with Gasteiger partial charge in [-0.2, -0.15) is 4.91 Å². The lowest BCUT2D eigenvalue weighted by Crippen LogP contribution is -2.43. The molecule has 1 amide bonds. The third-order valence-electron chi connectivity index (χ3n) is 3.18. The zero-order valence-electron chi connectivity index (χ0n) is 11.7. The van der Waals surface area contributed by atoms with E-state index in [0.717, 1.165) is 5.56 Å². The molecule has 2 aromatic carbocycles. The van der Waals surface area contributed by atoms with E-state index in [9.17, 15) is 9.70 Å². The van der Waals surface area contributed by atoms with Crippen LogP contribution in [0.2, 0.25) is 0 Å². The van der Waals surface area contributed by atoms with Gasteiger partial charge in [0, 0.05) is 5.56 Å². The summed E-state index contributed by atoms with van der Waals surface area (Å²) in [6.07, 6.45) is 0. The molecular weight excluding hydrogens is 266 g/mol. The molecule has 0 spiro atoms. The SMILES string of the molecule is CC(N=O)C(NNC(=O)c1ccccc1)c1ccccc1. The van der Waals surface area contributed by atoms with E-state index >= 15 is 0 Å². The molecule has 5 heteroatoms. The third-order valence-corrected chi connectivity index (χ3v) is 3.18. The number of benzene rings is 2. The summed E-state index contributed by atoms with van der Waals surface area (Å²) in [5, 5.41) is 3.05. The number of nitrogens with one attached hydrogen (secondary N) is 2. The molecule has 0 heterocycles. The predicted molar refractivity (Wildman–Crippen MR) is 81.5 cm³/mol. The molecule has 0 fully saturated rings. The molecule has 2 atom stereocenters. The Morgan fingerprint density at radius 2 is 1.57 bits per heavy atom. The molecule has 0 aliphatic rings. The average molecular weight is 283 g/mol. The third kappa shape index (κ3) is 3.97. The molecule has 0 aliphatic carbocycles. The highest BCUT2D eigenvalue weighted by Gasteiger charge is 2.20. The van der Waals surface area contributed by atoms with Gasteiger partial charge in [0.15, 0.2) is 0 Å². The Bertz CT molecular complexity index is 587. The largest absolute Gasteiger partial charge is 0.287 e. The monoisotopic (exact) mass is 283 g/mol. The standard InChI is InChI=1S/C16H17N3O2/c1-12(19-21)15(13-8-4-2-5-9-13)17-18-16(20)14-10-6-3-7-11-14/h2-12,15,17H,1H3,(H,18,20). The summed E-state index contributed by atoms with van der Waals surface area (Å²) in [5.74, 6) is -0.255. The van der Waals surface area contributed by atoms with Crippen molar-refractivity contribution < 1.29 is 4.79 Å². The zero-order valence-corrected chi connectivity index (χ0v) is 11.7. The van der Waals surface area contributed by atoms with Gasteiger partial charge in [-0.1, -0.05) is 53.7 Å². The van der Waals surface area contributed by atoms with Crippen molar-refractivity contribution in [1.29, 1.82) is 0 Å². The Kier molecular flexibility index (Phi) is 5.17. The highest BCUT2D eigenvalue weighted by atomic mass is 16.3. The molecular formula is C16H17N3O2. The van der Waals surface area contributed by atoms with Crippen LogP contribution in [0.1, 0.15) is 28.9 Å². The summed E-state index contributed by atoms with van der Waals surface area (Å²) in [5.41, 5.74) is 6.95. The van der Waals surface area contributed by atoms with Gasteiger partial charge in [0.1, 0.15) is 6.04 Å². The number of rotatable bonds is 6. The molecule has 108 valence electrons. The second kappa shape index (κ2) is 7.31. The van der Waals surface area contributed by atoms with E-state index in [1.54, 1.807) is 31.2 Å². The quantitative estimate of drug-likeness (QED) is 0.632. The van der Waals surface area contributed by atoms with Crippen LogP contribution in [0.5, 0.6) is 0 Å². The number of nitroso groups, excluding NO2 is 1. The van der Waals surface area contributed by atoms with Crippen molar-refractivity contribution in [3.8, 4) is 0 Å². The van der Waals surface area contributed by atoms with Gasteiger partial charge in [-0.3, -0.25) is 10.2 Å². The summed E-state index contributed by atoms with van der Waals surface area (Å²) in [6.45, 7) is 1.70. The Morgan fingerprint density at radius 3 is 2.14 bits per heavy atom. The smallest absolute Gasteiger partial charge is 0.265 e. The molecule has 2 rings (SSSR count). The van der Waals surface area contributed by atoms with Crippen LogP contribution < -0.4 is 10.9 Å². The minimum absolute atomic E-state index is 0.255. The second-order valence-corrected chi connectivity index (χ2v) is 4.70. The Morgan fingerprint density at radius 1 is 1.00 bits per heavy atom. The first-order chi connectivity index (χ1) is 10.2. The first-order valence-corrected chi connectivity index (χ1v) is 6.70. The Balaban J connectivity index is 2.06.